The number of anilines is 1. The first-order valence-electron chi connectivity index (χ1n) is 6.07. The van der Waals surface area contributed by atoms with Crippen molar-refractivity contribution >= 4 is 12.2 Å². The Hall–Kier alpha value is -1.58. The smallest absolute Gasteiger partial charge is 0.210 e. The van der Waals surface area contributed by atoms with Crippen LogP contribution in [0.4, 0.5) is 5.82 Å². The van der Waals surface area contributed by atoms with Crippen LogP contribution >= 0.6 is 0 Å². The lowest BCUT2D eigenvalue weighted by Crippen LogP contribution is -2.33. The van der Waals surface area contributed by atoms with E-state index in [0.717, 1.165) is 37.2 Å². The molecule has 1 atom stereocenters. The van der Waals surface area contributed by atoms with Gasteiger partial charge in [0.05, 0.1) is 6.04 Å². The summed E-state index contributed by atoms with van der Waals surface area (Å²) in [4.78, 5) is 19.4. The Morgan fingerprint density at radius 3 is 3.00 bits per heavy atom. The van der Waals surface area contributed by atoms with Crippen molar-refractivity contribution in [3.63, 3.8) is 0 Å². The van der Waals surface area contributed by atoms with Crippen LogP contribution in [0.5, 0.6) is 0 Å². The number of nitrogens with zero attached hydrogens (tertiary/aromatic N) is 3. The van der Waals surface area contributed by atoms with Crippen LogP contribution in [0.15, 0.2) is 18.3 Å². The fourth-order valence-corrected chi connectivity index (χ4v) is 2.46. The fraction of sp³-hybridized carbons (Fsp3) is 0.538. The maximum absolute atomic E-state index is 11.1. The second-order valence-electron chi connectivity index (χ2n) is 4.67. The molecule has 2 rings (SSSR count). The molecule has 1 fully saturated rings. The van der Waals surface area contributed by atoms with E-state index in [4.69, 9.17) is 0 Å². The Balaban J connectivity index is 2.34. The molecule has 17 heavy (non-hydrogen) atoms. The van der Waals surface area contributed by atoms with E-state index in [1.165, 1.54) is 6.42 Å². The summed E-state index contributed by atoms with van der Waals surface area (Å²) in [6, 6.07) is 4.21. The molecule has 0 radical (unpaired) electrons. The standard InChI is InChI=1S/C13H19N3O/c1-15(2)13-11(6-5-8-14-13)12-7-3-4-9-16(12)10-17/h5-6,8,10,12H,3-4,7,9H2,1-2H3/t12-/m1/s1. The average Bonchev–Trinajstić information content (AvgIpc) is 2.38. The monoisotopic (exact) mass is 233 g/mol. The van der Waals surface area contributed by atoms with Crippen LogP contribution in [-0.2, 0) is 4.79 Å². The first-order chi connectivity index (χ1) is 8.24. The topological polar surface area (TPSA) is 36.4 Å². The third kappa shape index (κ3) is 2.40. The maximum atomic E-state index is 11.1. The van der Waals surface area contributed by atoms with Gasteiger partial charge in [0.1, 0.15) is 5.82 Å². The predicted molar refractivity (Wildman–Crippen MR) is 67.9 cm³/mol. The number of hydrogen-bond donors (Lipinski definition) is 0. The van der Waals surface area contributed by atoms with Gasteiger partial charge in [-0.1, -0.05) is 6.07 Å². The van der Waals surface area contributed by atoms with Gasteiger partial charge in [0.25, 0.3) is 0 Å². The van der Waals surface area contributed by atoms with Gasteiger partial charge in [-0.25, -0.2) is 4.98 Å². The third-order valence-electron chi connectivity index (χ3n) is 3.28. The SMILES string of the molecule is CN(C)c1ncccc1[C@H]1CCCCN1C=O. The summed E-state index contributed by atoms with van der Waals surface area (Å²) in [5.41, 5.74) is 1.16. The Morgan fingerprint density at radius 1 is 1.47 bits per heavy atom. The van der Waals surface area contributed by atoms with Gasteiger partial charge in [0.15, 0.2) is 0 Å². The zero-order chi connectivity index (χ0) is 12.3. The van der Waals surface area contributed by atoms with Gasteiger partial charge in [0, 0.05) is 32.4 Å². The molecular weight excluding hydrogens is 214 g/mol. The molecule has 1 aromatic heterocycles. The van der Waals surface area contributed by atoms with Gasteiger partial charge >= 0.3 is 0 Å². The lowest BCUT2D eigenvalue weighted by Gasteiger charge is -2.34. The van der Waals surface area contributed by atoms with E-state index < -0.39 is 0 Å². The molecule has 1 saturated heterocycles. The highest BCUT2D eigenvalue weighted by Crippen LogP contribution is 2.33. The van der Waals surface area contributed by atoms with E-state index in [1.54, 1.807) is 6.20 Å². The van der Waals surface area contributed by atoms with Crippen molar-refractivity contribution in [3.05, 3.63) is 23.9 Å². The number of aromatic nitrogens is 1. The van der Waals surface area contributed by atoms with Gasteiger partial charge in [-0.05, 0) is 25.3 Å². The molecule has 0 aromatic carbocycles. The number of hydrogen-bond acceptors (Lipinski definition) is 3. The fourth-order valence-electron chi connectivity index (χ4n) is 2.46. The van der Waals surface area contributed by atoms with Crippen LogP contribution in [0.1, 0.15) is 30.9 Å². The second kappa shape index (κ2) is 5.17. The lowest BCUT2D eigenvalue weighted by atomic mass is 9.96. The molecule has 1 aliphatic rings. The van der Waals surface area contributed by atoms with Crippen LogP contribution < -0.4 is 4.90 Å². The summed E-state index contributed by atoms with van der Waals surface area (Å²) >= 11 is 0. The van der Waals surface area contributed by atoms with Gasteiger partial charge in [-0.15, -0.1) is 0 Å². The van der Waals surface area contributed by atoms with Crippen molar-refractivity contribution in [2.24, 2.45) is 0 Å². The number of likely N-dealkylation sites (tertiary alicyclic amines) is 1. The summed E-state index contributed by atoms with van der Waals surface area (Å²) in [7, 11) is 3.97. The normalized spacial score (nSPS) is 20.1. The number of pyridine rings is 1. The Bertz CT molecular complexity index is 392. The van der Waals surface area contributed by atoms with E-state index in [-0.39, 0.29) is 6.04 Å². The van der Waals surface area contributed by atoms with Gasteiger partial charge in [-0.3, -0.25) is 4.79 Å². The van der Waals surface area contributed by atoms with Gasteiger partial charge in [-0.2, -0.15) is 0 Å². The molecule has 4 nitrogen and oxygen atoms in total. The highest BCUT2D eigenvalue weighted by Gasteiger charge is 2.25. The van der Waals surface area contributed by atoms with Crippen LogP contribution in [0.3, 0.4) is 0 Å². The largest absolute Gasteiger partial charge is 0.362 e. The molecule has 1 aliphatic heterocycles. The minimum absolute atomic E-state index is 0.187. The molecule has 1 aromatic rings. The Kier molecular flexibility index (Phi) is 3.61. The quantitative estimate of drug-likeness (QED) is 0.747. The molecule has 0 unspecified atom stereocenters. The minimum Gasteiger partial charge on any atom is -0.362 e. The van der Waals surface area contributed by atoms with Crippen molar-refractivity contribution in [3.8, 4) is 0 Å². The summed E-state index contributed by atoms with van der Waals surface area (Å²) in [5, 5.41) is 0. The molecule has 0 N–H and O–H groups in total. The summed E-state index contributed by atoms with van der Waals surface area (Å²) in [6.07, 6.45) is 6.08. The average molecular weight is 233 g/mol. The molecule has 4 heteroatoms. The number of carbonyl (C=O) groups excluding carboxylic acids is 1. The van der Waals surface area contributed by atoms with E-state index in [9.17, 15) is 4.79 Å². The van der Waals surface area contributed by atoms with E-state index in [0.29, 0.717) is 0 Å². The van der Waals surface area contributed by atoms with Crippen LogP contribution in [-0.4, -0.2) is 36.9 Å². The molecule has 92 valence electrons. The zero-order valence-electron chi connectivity index (χ0n) is 10.5. The van der Waals surface area contributed by atoms with Crippen molar-refractivity contribution in [2.75, 3.05) is 25.5 Å². The molecule has 1 amide bonds. The van der Waals surface area contributed by atoms with Crippen molar-refractivity contribution in [1.29, 1.82) is 0 Å². The number of piperidine rings is 1. The number of rotatable bonds is 3. The predicted octanol–water partition coefficient (Wildman–Crippen LogP) is 1.83. The van der Waals surface area contributed by atoms with E-state index in [2.05, 4.69) is 11.1 Å². The maximum Gasteiger partial charge on any atom is 0.210 e. The van der Waals surface area contributed by atoms with E-state index >= 15 is 0 Å². The number of carbonyl (C=O) groups is 1. The highest BCUT2D eigenvalue weighted by molar-refractivity contribution is 5.53. The molecule has 0 saturated carbocycles. The van der Waals surface area contributed by atoms with Crippen molar-refractivity contribution < 1.29 is 4.79 Å². The summed E-state index contributed by atoms with van der Waals surface area (Å²) in [5.74, 6) is 0.964. The van der Waals surface area contributed by atoms with Gasteiger partial charge < -0.3 is 9.80 Å². The Morgan fingerprint density at radius 2 is 2.29 bits per heavy atom. The van der Waals surface area contributed by atoms with Crippen molar-refractivity contribution in [1.82, 2.24) is 9.88 Å². The Labute approximate surface area is 102 Å². The van der Waals surface area contributed by atoms with Crippen LogP contribution in [0.25, 0.3) is 0 Å². The highest BCUT2D eigenvalue weighted by atomic mass is 16.1. The first kappa shape index (κ1) is 11.9. The van der Waals surface area contributed by atoms with E-state index in [1.807, 2.05) is 30.0 Å². The third-order valence-corrected chi connectivity index (χ3v) is 3.28. The zero-order valence-corrected chi connectivity index (χ0v) is 10.5. The summed E-state index contributed by atoms with van der Waals surface area (Å²) in [6.45, 7) is 0.857. The molecular formula is C13H19N3O. The number of amides is 1. The first-order valence-corrected chi connectivity index (χ1v) is 6.07. The lowest BCUT2D eigenvalue weighted by molar-refractivity contribution is -0.121. The summed E-state index contributed by atoms with van der Waals surface area (Å²) < 4.78 is 0. The second-order valence-corrected chi connectivity index (χ2v) is 4.67. The molecule has 2 heterocycles. The van der Waals surface area contributed by atoms with Crippen LogP contribution in [0.2, 0.25) is 0 Å². The molecule has 0 bridgehead atoms. The van der Waals surface area contributed by atoms with Crippen LogP contribution in [0, 0.1) is 0 Å². The molecule has 0 aliphatic carbocycles. The molecule has 0 spiro atoms. The van der Waals surface area contributed by atoms with Crippen molar-refractivity contribution in [2.45, 2.75) is 25.3 Å². The van der Waals surface area contributed by atoms with Gasteiger partial charge in [0.2, 0.25) is 6.41 Å². The minimum atomic E-state index is 0.187.